The molecule has 0 saturated carbocycles. The molecule has 1 N–H and O–H groups in total. The molecule has 0 fully saturated rings. The molecule has 0 atom stereocenters. The number of aromatic nitrogens is 1. The van der Waals surface area contributed by atoms with Crippen molar-refractivity contribution in [2.75, 3.05) is 0 Å². The highest BCUT2D eigenvalue weighted by atomic mass is 79.9. The van der Waals surface area contributed by atoms with Gasteiger partial charge in [-0.15, -0.1) is 0 Å². The Labute approximate surface area is 131 Å². The van der Waals surface area contributed by atoms with E-state index in [0.29, 0.717) is 6.54 Å². The minimum absolute atomic E-state index is 0.207. The summed E-state index contributed by atoms with van der Waals surface area (Å²) < 4.78 is 13.9. The molecule has 1 aromatic heterocycles. The van der Waals surface area contributed by atoms with Gasteiger partial charge in [-0.25, -0.2) is 4.39 Å². The second-order valence-corrected chi connectivity index (χ2v) is 5.69. The molecule has 3 rings (SSSR count). The van der Waals surface area contributed by atoms with Crippen LogP contribution in [-0.2, 0) is 13.1 Å². The highest BCUT2D eigenvalue weighted by Gasteiger charge is 2.05. The predicted molar refractivity (Wildman–Crippen MR) is 86.4 cm³/mol. The van der Waals surface area contributed by atoms with Gasteiger partial charge in [0.25, 0.3) is 0 Å². The second kappa shape index (κ2) is 6.33. The summed E-state index contributed by atoms with van der Waals surface area (Å²) in [5.74, 6) is -0.207. The normalized spacial score (nSPS) is 11.0. The maximum absolute atomic E-state index is 12.9. The van der Waals surface area contributed by atoms with Crippen LogP contribution in [0.1, 0.15) is 11.1 Å². The Kier molecular flexibility index (Phi) is 4.27. The molecular weight excluding hydrogens is 331 g/mol. The van der Waals surface area contributed by atoms with E-state index >= 15 is 0 Å². The van der Waals surface area contributed by atoms with Gasteiger partial charge >= 0.3 is 0 Å². The standard InChI is InChI=1S/C17H14BrFN2/c18-16-8-5-13(17-15(16)2-1-9-21-17)11-20-10-12-3-6-14(19)7-4-12/h1-9,20H,10-11H2. The topological polar surface area (TPSA) is 24.9 Å². The first-order valence-electron chi connectivity index (χ1n) is 6.71. The molecule has 0 amide bonds. The van der Waals surface area contributed by atoms with Gasteiger partial charge in [0.15, 0.2) is 0 Å². The monoisotopic (exact) mass is 344 g/mol. The van der Waals surface area contributed by atoms with Crippen LogP contribution in [0.5, 0.6) is 0 Å². The van der Waals surface area contributed by atoms with Crippen LogP contribution in [-0.4, -0.2) is 4.98 Å². The molecule has 0 bridgehead atoms. The van der Waals surface area contributed by atoms with Crippen molar-refractivity contribution in [3.63, 3.8) is 0 Å². The van der Waals surface area contributed by atoms with E-state index in [0.717, 1.165) is 33.0 Å². The minimum atomic E-state index is -0.207. The van der Waals surface area contributed by atoms with Crippen LogP contribution in [0.2, 0.25) is 0 Å². The maximum Gasteiger partial charge on any atom is 0.123 e. The molecule has 0 unspecified atom stereocenters. The predicted octanol–water partition coefficient (Wildman–Crippen LogP) is 4.43. The first-order valence-corrected chi connectivity index (χ1v) is 7.50. The van der Waals surface area contributed by atoms with E-state index in [2.05, 4.69) is 38.4 Å². The number of rotatable bonds is 4. The van der Waals surface area contributed by atoms with Crippen molar-refractivity contribution in [1.29, 1.82) is 0 Å². The molecule has 1 heterocycles. The first-order chi connectivity index (χ1) is 10.2. The highest BCUT2D eigenvalue weighted by Crippen LogP contribution is 2.25. The third-order valence-corrected chi connectivity index (χ3v) is 4.05. The number of pyridine rings is 1. The van der Waals surface area contributed by atoms with Gasteiger partial charge in [-0.3, -0.25) is 4.98 Å². The number of fused-ring (bicyclic) bond motifs is 1. The lowest BCUT2D eigenvalue weighted by atomic mass is 10.1. The second-order valence-electron chi connectivity index (χ2n) is 4.84. The van der Waals surface area contributed by atoms with Crippen LogP contribution in [0.3, 0.4) is 0 Å². The lowest BCUT2D eigenvalue weighted by Gasteiger charge is -2.09. The van der Waals surface area contributed by atoms with Gasteiger partial charge in [0.1, 0.15) is 5.82 Å². The van der Waals surface area contributed by atoms with Gasteiger partial charge in [0.05, 0.1) is 5.52 Å². The van der Waals surface area contributed by atoms with E-state index in [4.69, 9.17) is 0 Å². The van der Waals surface area contributed by atoms with Crippen molar-refractivity contribution in [3.8, 4) is 0 Å². The molecule has 4 heteroatoms. The molecule has 0 spiro atoms. The van der Waals surface area contributed by atoms with E-state index in [-0.39, 0.29) is 5.82 Å². The zero-order chi connectivity index (χ0) is 14.7. The van der Waals surface area contributed by atoms with E-state index in [9.17, 15) is 4.39 Å². The first kappa shape index (κ1) is 14.2. The van der Waals surface area contributed by atoms with Crippen LogP contribution in [0, 0.1) is 5.82 Å². The van der Waals surface area contributed by atoms with Crippen LogP contribution in [0.25, 0.3) is 10.9 Å². The molecule has 0 aliphatic heterocycles. The molecule has 0 radical (unpaired) electrons. The average molecular weight is 345 g/mol. The van der Waals surface area contributed by atoms with E-state index < -0.39 is 0 Å². The summed E-state index contributed by atoms with van der Waals surface area (Å²) in [4.78, 5) is 4.46. The zero-order valence-electron chi connectivity index (χ0n) is 11.3. The van der Waals surface area contributed by atoms with Crippen LogP contribution < -0.4 is 5.32 Å². The third kappa shape index (κ3) is 3.28. The number of nitrogens with zero attached hydrogens (tertiary/aromatic N) is 1. The van der Waals surface area contributed by atoms with Gasteiger partial charge in [0, 0.05) is 29.1 Å². The summed E-state index contributed by atoms with van der Waals surface area (Å²) in [7, 11) is 0. The van der Waals surface area contributed by atoms with Gasteiger partial charge in [-0.05, 0) is 35.4 Å². The summed E-state index contributed by atoms with van der Waals surface area (Å²) in [5, 5.41) is 4.48. The molecule has 3 aromatic rings. The minimum Gasteiger partial charge on any atom is -0.309 e. The fraction of sp³-hybridized carbons (Fsp3) is 0.118. The molecule has 2 nitrogen and oxygen atoms in total. The largest absolute Gasteiger partial charge is 0.309 e. The molecule has 2 aromatic carbocycles. The Balaban J connectivity index is 1.74. The van der Waals surface area contributed by atoms with Crippen molar-refractivity contribution < 1.29 is 4.39 Å². The van der Waals surface area contributed by atoms with Gasteiger partial charge in [-0.1, -0.05) is 40.2 Å². The van der Waals surface area contributed by atoms with Crippen LogP contribution in [0.15, 0.2) is 59.2 Å². The lowest BCUT2D eigenvalue weighted by Crippen LogP contribution is -2.13. The Morgan fingerprint density at radius 2 is 1.81 bits per heavy atom. The number of benzene rings is 2. The fourth-order valence-corrected chi connectivity index (χ4v) is 2.73. The molecule has 0 aliphatic carbocycles. The van der Waals surface area contributed by atoms with Crippen molar-refractivity contribution in [2.24, 2.45) is 0 Å². The Hall–Kier alpha value is -1.78. The van der Waals surface area contributed by atoms with Crippen molar-refractivity contribution in [2.45, 2.75) is 13.1 Å². The van der Waals surface area contributed by atoms with E-state index in [1.54, 1.807) is 18.3 Å². The van der Waals surface area contributed by atoms with Crippen molar-refractivity contribution in [3.05, 3.63) is 76.1 Å². The highest BCUT2D eigenvalue weighted by molar-refractivity contribution is 9.10. The van der Waals surface area contributed by atoms with Crippen LogP contribution in [0.4, 0.5) is 4.39 Å². The Morgan fingerprint density at radius 1 is 1.00 bits per heavy atom. The Morgan fingerprint density at radius 3 is 2.62 bits per heavy atom. The molecule has 0 saturated heterocycles. The molecule has 0 aliphatic rings. The lowest BCUT2D eigenvalue weighted by molar-refractivity contribution is 0.625. The number of nitrogens with one attached hydrogen (secondary N) is 1. The van der Waals surface area contributed by atoms with E-state index in [1.165, 1.54) is 12.1 Å². The summed E-state index contributed by atoms with van der Waals surface area (Å²) in [5.41, 5.74) is 3.21. The summed E-state index contributed by atoms with van der Waals surface area (Å²) >= 11 is 3.55. The van der Waals surface area contributed by atoms with Crippen LogP contribution >= 0.6 is 15.9 Å². The van der Waals surface area contributed by atoms with E-state index in [1.807, 2.05) is 12.1 Å². The zero-order valence-corrected chi connectivity index (χ0v) is 12.9. The fourth-order valence-electron chi connectivity index (χ4n) is 2.28. The number of halogens is 2. The summed E-state index contributed by atoms with van der Waals surface area (Å²) in [6, 6.07) is 14.6. The smallest absolute Gasteiger partial charge is 0.123 e. The average Bonchev–Trinajstić information content (AvgIpc) is 2.52. The maximum atomic E-state index is 12.9. The summed E-state index contributed by atoms with van der Waals surface area (Å²) in [6.07, 6.45) is 1.80. The molecule has 106 valence electrons. The van der Waals surface area contributed by atoms with Gasteiger partial charge in [-0.2, -0.15) is 0 Å². The van der Waals surface area contributed by atoms with Crippen molar-refractivity contribution >= 4 is 26.8 Å². The number of hydrogen-bond acceptors (Lipinski definition) is 2. The molecular formula is C17H14BrFN2. The van der Waals surface area contributed by atoms with Gasteiger partial charge < -0.3 is 5.32 Å². The summed E-state index contributed by atoms with van der Waals surface area (Å²) in [6.45, 7) is 1.42. The third-order valence-electron chi connectivity index (χ3n) is 3.36. The molecule has 21 heavy (non-hydrogen) atoms. The SMILES string of the molecule is Fc1ccc(CNCc2ccc(Br)c3cccnc23)cc1. The Bertz CT molecular complexity index is 756. The van der Waals surface area contributed by atoms with Crippen molar-refractivity contribution in [1.82, 2.24) is 10.3 Å². The van der Waals surface area contributed by atoms with Gasteiger partial charge in [0.2, 0.25) is 0 Å². The number of hydrogen-bond donors (Lipinski definition) is 1. The quantitative estimate of drug-likeness (QED) is 0.757.